The number of rotatable bonds is 4. The van der Waals surface area contributed by atoms with E-state index in [-0.39, 0.29) is 5.11 Å². The number of thiocarbonyl (C=S) groups is 1. The Morgan fingerprint density at radius 3 is 2.62 bits per heavy atom. The van der Waals surface area contributed by atoms with Crippen molar-refractivity contribution in [3.05, 3.63) is 41.6 Å². The summed E-state index contributed by atoms with van der Waals surface area (Å²) in [6.45, 7) is 4.05. The second-order valence-corrected chi connectivity index (χ2v) is 6.29. The fourth-order valence-corrected chi connectivity index (χ4v) is 3.05. The molecular formula is C17H22N6S. The maximum Gasteiger partial charge on any atom is 0.184 e. The standard InChI is InChI=1S/C17H22N6S/c1-13-15(12-19-20-17(18)24)16(22-10-6-3-7-11-22)23(21-13)14-8-4-2-5-9-14/h2,4-5,8-9,12H,3,6-7,10-11H2,1H3,(H3,18,20,24)/b19-12-. The van der Waals surface area contributed by atoms with Crippen molar-refractivity contribution in [3.8, 4) is 5.69 Å². The maximum atomic E-state index is 5.45. The van der Waals surface area contributed by atoms with Crippen LogP contribution in [0.25, 0.3) is 5.69 Å². The number of nitrogens with two attached hydrogens (primary N) is 1. The molecule has 1 fully saturated rings. The van der Waals surface area contributed by atoms with Crippen LogP contribution in [0.15, 0.2) is 35.4 Å². The Morgan fingerprint density at radius 2 is 1.96 bits per heavy atom. The molecule has 3 N–H and O–H groups in total. The molecule has 24 heavy (non-hydrogen) atoms. The van der Waals surface area contributed by atoms with E-state index >= 15 is 0 Å². The molecule has 2 aromatic rings. The third-order valence-electron chi connectivity index (χ3n) is 4.11. The molecule has 0 aliphatic carbocycles. The van der Waals surface area contributed by atoms with Gasteiger partial charge >= 0.3 is 0 Å². The van der Waals surface area contributed by atoms with Gasteiger partial charge in [0.1, 0.15) is 5.82 Å². The zero-order valence-corrected chi connectivity index (χ0v) is 14.6. The van der Waals surface area contributed by atoms with Gasteiger partial charge in [0, 0.05) is 13.1 Å². The van der Waals surface area contributed by atoms with Gasteiger partial charge in [-0.1, -0.05) is 18.2 Å². The van der Waals surface area contributed by atoms with Gasteiger partial charge in [0.05, 0.1) is 23.2 Å². The molecule has 126 valence electrons. The average molecular weight is 342 g/mol. The SMILES string of the molecule is Cc1nn(-c2ccccc2)c(N2CCCCC2)c1/C=N\NC(N)=S. The van der Waals surface area contributed by atoms with Crippen molar-refractivity contribution in [2.45, 2.75) is 26.2 Å². The average Bonchev–Trinajstić information content (AvgIpc) is 2.93. The van der Waals surface area contributed by atoms with Gasteiger partial charge in [0.2, 0.25) is 0 Å². The molecule has 1 saturated heterocycles. The fourth-order valence-electron chi connectivity index (χ4n) is 3.00. The van der Waals surface area contributed by atoms with Gasteiger partial charge in [-0.05, 0) is 50.5 Å². The van der Waals surface area contributed by atoms with Crippen LogP contribution in [0.1, 0.15) is 30.5 Å². The number of anilines is 1. The quantitative estimate of drug-likeness (QED) is 0.507. The van der Waals surface area contributed by atoms with Gasteiger partial charge < -0.3 is 10.6 Å². The number of hydrogen-bond acceptors (Lipinski definition) is 4. The van der Waals surface area contributed by atoms with E-state index in [0.29, 0.717) is 0 Å². The Hall–Kier alpha value is -2.41. The molecule has 7 heteroatoms. The zero-order chi connectivity index (χ0) is 16.9. The molecule has 0 atom stereocenters. The molecule has 0 amide bonds. The number of hydrogen-bond donors (Lipinski definition) is 2. The number of hydrazone groups is 1. The zero-order valence-electron chi connectivity index (χ0n) is 13.8. The van der Waals surface area contributed by atoms with E-state index in [4.69, 9.17) is 23.1 Å². The van der Waals surface area contributed by atoms with Crippen LogP contribution in [0.4, 0.5) is 5.82 Å². The van der Waals surface area contributed by atoms with Gasteiger partial charge in [0.25, 0.3) is 0 Å². The van der Waals surface area contributed by atoms with Gasteiger partial charge in [0.15, 0.2) is 5.11 Å². The van der Waals surface area contributed by atoms with Crippen LogP contribution in [0.5, 0.6) is 0 Å². The highest BCUT2D eigenvalue weighted by Gasteiger charge is 2.22. The molecule has 1 aromatic carbocycles. The number of nitrogens with zero attached hydrogens (tertiary/aromatic N) is 4. The first kappa shape index (κ1) is 16.4. The third-order valence-corrected chi connectivity index (χ3v) is 4.20. The summed E-state index contributed by atoms with van der Waals surface area (Å²) in [6.07, 6.45) is 5.42. The van der Waals surface area contributed by atoms with Crippen molar-refractivity contribution in [2.24, 2.45) is 10.8 Å². The maximum absolute atomic E-state index is 5.45. The van der Waals surface area contributed by atoms with Crippen LogP contribution in [0, 0.1) is 6.92 Å². The molecular weight excluding hydrogens is 320 g/mol. The van der Waals surface area contributed by atoms with Crippen molar-refractivity contribution in [2.75, 3.05) is 18.0 Å². The molecule has 0 unspecified atom stereocenters. The first-order chi connectivity index (χ1) is 11.7. The monoisotopic (exact) mass is 342 g/mol. The van der Waals surface area contributed by atoms with Crippen molar-refractivity contribution < 1.29 is 0 Å². The lowest BCUT2D eigenvalue weighted by Gasteiger charge is -2.29. The fraction of sp³-hybridized carbons (Fsp3) is 0.353. The van der Waals surface area contributed by atoms with E-state index in [1.54, 1.807) is 6.21 Å². The molecule has 3 rings (SSSR count). The van der Waals surface area contributed by atoms with E-state index in [1.807, 2.05) is 29.8 Å². The van der Waals surface area contributed by atoms with Crippen molar-refractivity contribution in [1.82, 2.24) is 15.2 Å². The number of aryl methyl sites for hydroxylation is 1. The van der Waals surface area contributed by atoms with Crippen molar-refractivity contribution >= 4 is 29.4 Å². The Bertz CT molecular complexity index is 731. The summed E-state index contributed by atoms with van der Waals surface area (Å²) in [4.78, 5) is 2.39. The van der Waals surface area contributed by atoms with E-state index in [1.165, 1.54) is 19.3 Å². The Kier molecular flexibility index (Phi) is 5.10. The number of benzene rings is 1. The Labute approximate surface area is 147 Å². The molecule has 0 spiro atoms. The van der Waals surface area contributed by atoms with E-state index in [2.05, 4.69) is 27.6 Å². The van der Waals surface area contributed by atoms with Crippen LogP contribution >= 0.6 is 12.2 Å². The number of aromatic nitrogens is 2. The summed E-state index contributed by atoms with van der Waals surface area (Å²) in [5.41, 5.74) is 11.0. The van der Waals surface area contributed by atoms with Crippen LogP contribution in [-0.4, -0.2) is 34.2 Å². The third kappa shape index (κ3) is 3.56. The minimum absolute atomic E-state index is 0.152. The summed E-state index contributed by atoms with van der Waals surface area (Å²) in [6, 6.07) is 10.2. The summed E-state index contributed by atoms with van der Waals surface area (Å²) in [7, 11) is 0. The van der Waals surface area contributed by atoms with E-state index in [9.17, 15) is 0 Å². The molecule has 6 nitrogen and oxygen atoms in total. The smallest absolute Gasteiger partial charge is 0.184 e. The van der Waals surface area contributed by atoms with Gasteiger partial charge in [-0.25, -0.2) is 4.68 Å². The normalized spacial score (nSPS) is 15.0. The van der Waals surface area contributed by atoms with Crippen LogP contribution in [0.3, 0.4) is 0 Å². The van der Waals surface area contributed by atoms with Gasteiger partial charge in [-0.2, -0.15) is 10.2 Å². The van der Waals surface area contributed by atoms with Crippen molar-refractivity contribution in [3.63, 3.8) is 0 Å². The minimum Gasteiger partial charge on any atom is -0.375 e. The number of piperidine rings is 1. The van der Waals surface area contributed by atoms with Crippen molar-refractivity contribution in [1.29, 1.82) is 0 Å². The van der Waals surface area contributed by atoms with E-state index in [0.717, 1.165) is 35.9 Å². The first-order valence-electron chi connectivity index (χ1n) is 8.15. The van der Waals surface area contributed by atoms with Crippen LogP contribution in [-0.2, 0) is 0 Å². The minimum atomic E-state index is 0.152. The molecule has 0 saturated carbocycles. The molecule has 0 radical (unpaired) electrons. The predicted molar refractivity (Wildman–Crippen MR) is 102 cm³/mol. The predicted octanol–water partition coefficient (Wildman–Crippen LogP) is 2.34. The second-order valence-electron chi connectivity index (χ2n) is 5.85. The summed E-state index contributed by atoms with van der Waals surface area (Å²) >= 11 is 4.81. The summed E-state index contributed by atoms with van der Waals surface area (Å²) in [5, 5.41) is 9.04. The Balaban J connectivity index is 2.05. The lowest BCUT2D eigenvalue weighted by molar-refractivity contribution is 0.567. The summed E-state index contributed by atoms with van der Waals surface area (Å²) < 4.78 is 2.00. The lowest BCUT2D eigenvalue weighted by atomic mass is 10.1. The highest BCUT2D eigenvalue weighted by molar-refractivity contribution is 7.80. The lowest BCUT2D eigenvalue weighted by Crippen LogP contribution is -2.32. The molecule has 2 heterocycles. The highest BCUT2D eigenvalue weighted by atomic mass is 32.1. The first-order valence-corrected chi connectivity index (χ1v) is 8.56. The number of nitrogens with one attached hydrogen (secondary N) is 1. The summed E-state index contributed by atoms with van der Waals surface area (Å²) in [5.74, 6) is 1.08. The van der Waals surface area contributed by atoms with Crippen LogP contribution in [0.2, 0.25) is 0 Å². The van der Waals surface area contributed by atoms with Crippen LogP contribution < -0.4 is 16.1 Å². The molecule has 1 aromatic heterocycles. The molecule has 0 bridgehead atoms. The van der Waals surface area contributed by atoms with Gasteiger partial charge in [-0.3, -0.25) is 5.43 Å². The largest absolute Gasteiger partial charge is 0.375 e. The topological polar surface area (TPSA) is 71.5 Å². The van der Waals surface area contributed by atoms with Gasteiger partial charge in [-0.15, -0.1) is 0 Å². The molecule has 1 aliphatic heterocycles. The second kappa shape index (κ2) is 7.44. The molecule has 1 aliphatic rings. The number of para-hydroxylation sites is 1. The van der Waals surface area contributed by atoms with E-state index < -0.39 is 0 Å². The Morgan fingerprint density at radius 1 is 1.25 bits per heavy atom. The highest BCUT2D eigenvalue weighted by Crippen LogP contribution is 2.28.